The summed E-state index contributed by atoms with van der Waals surface area (Å²) in [5, 5.41) is 12.1. The SMILES string of the molecule is CCCCC(=O)N[C@@H](CO)Cc1ccccc1. The highest BCUT2D eigenvalue weighted by Crippen LogP contribution is 2.03. The van der Waals surface area contributed by atoms with E-state index >= 15 is 0 Å². The van der Waals surface area contributed by atoms with Gasteiger partial charge in [0.1, 0.15) is 0 Å². The summed E-state index contributed by atoms with van der Waals surface area (Å²) in [6, 6.07) is 9.70. The third-order valence-electron chi connectivity index (χ3n) is 2.67. The molecule has 1 amide bonds. The van der Waals surface area contributed by atoms with Crippen LogP contribution >= 0.6 is 0 Å². The van der Waals surface area contributed by atoms with E-state index in [-0.39, 0.29) is 18.6 Å². The highest BCUT2D eigenvalue weighted by atomic mass is 16.3. The minimum atomic E-state index is -0.179. The van der Waals surface area contributed by atoms with Gasteiger partial charge >= 0.3 is 0 Å². The van der Waals surface area contributed by atoms with Crippen molar-refractivity contribution in [2.45, 2.75) is 38.6 Å². The lowest BCUT2D eigenvalue weighted by atomic mass is 10.1. The predicted octanol–water partition coefficient (Wildman–Crippen LogP) is 1.90. The van der Waals surface area contributed by atoms with Crippen molar-refractivity contribution in [3.8, 4) is 0 Å². The third-order valence-corrected chi connectivity index (χ3v) is 2.67. The smallest absolute Gasteiger partial charge is 0.220 e. The zero-order valence-electron chi connectivity index (χ0n) is 10.4. The molecule has 0 aliphatic rings. The Labute approximate surface area is 103 Å². The van der Waals surface area contributed by atoms with Gasteiger partial charge in [-0.1, -0.05) is 43.7 Å². The molecule has 0 heterocycles. The molecular weight excluding hydrogens is 214 g/mol. The van der Waals surface area contributed by atoms with Crippen LogP contribution in [0.15, 0.2) is 30.3 Å². The van der Waals surface area contributed by atoms with Gasteiger partial charge in [0.2, 0.25) is 5.91 Å². The Morgan fingerprint density at radius 1 is 1.35 bits per heavy atom. The van der Waals surface area contributed by atoms with Crippen LogP contribution in [0.1, 0.15) is 31.7 Å². The molecule has 0 bridgehead atoms. The van der Waals surface area contributed by atoms with E-state index in [1.165, 1.54) is 0 Å². The fraction of sp³-hybridized carbons (Fsp3) is 0.500. The van der Waals surface area contributed by atoms with Gasteiger partial charge in [-0.2, -0.15) is 0 Å². The van der Waals surface area contributed by atoms with Crippen molar-refractivity contribution in [1.29, 1.82) is 0 Å². The van der Waals surface area contributed by atoms with Crippen LogP contribution in [0.5, 0.6) is 0 Å². The zero-order valence-corrected chi connectivity index (χ0v) is 10.4. The van der Waals surface area contributed by atoms with Crippen molar-refractivity contribution >= 4 is 5.91 Å². The normalized spacial score (nSPS) is 12.1. The molecule has 0 saturated carbocycles. The summed E-state index contributed by atoms with van der Waals surface area (Å²) in [6.45, 7) is 2.04. The predicted molar refractivity (Wildman–Crippen MR) is 68.7 cm³/mol. The van der Waals surface area contributed by atoms with Gasteiger partial charge in [-0.15, -0.1) is 0 Å². The summed E-state index contributed by atoms with van der Waals surface area (Å²) in [4.78, 5) is 11.5. The average Bonchev–Trinajstić information content (AvgIpc) is 2.36. The molecule has 1 aromatic rings. The Morgan fingerprint density at radius 2 is 2.06 bits per heavy atom. The lowest BCUT2D eigenvalue weighted by Crippen LogP contribution is -2.38. The Kier molecular flexibility index (Phi) is 6.33. The van der Waals surface area contributed by atoms with Gasteiger partial charge in [-0.25, -0.2) is 0 Å². The van der Waals surface area contributed by atoms with Gasteiger partial charge in [-0.05, 0) is 18.4 Å². The highest BCUT2D eigenvalue weighted by molar-refractivity contribution is 5.76. The first-order valence-electron chi connectivity index (χ1n) is 6.20. The number of aliphatic hydroxyl groups is 1. The lowest BCUT2D eigenvalue weighted by Gasteiger charge is -2.16. The first-order valence-corrected chi connectivity index (χ1v) is 6.20. The van der Waals surface area contributed by atoms with E-state index in [4.69, 9.17) is 0 Å². The standard InChI is InChI=1S/C14H21NO2/c1-2-3-9-14(17)15-13(11-16)10-12-7-5-4-6-8-12/h4-8,13,16H,2-3,9-11H2,1H3,(H,15,17)/t13-/m1/s1. The number of hydrogen-bond acceptors (Lipinski definition) is 2. The van der Waals surface area contributed by atoms with Gasteiger partial charge < -0.3 is 10.4 Å². The van der Waals surface area contributed by atoms with Crippen LogP contribution in [0.4, 0.5) is 0 Å². The minimum Gasteiger partial charge on any atom is -0.394 e. The monoisotopic (exact) mass is 235 g/mol. The Bertz CT molecular complexity index is 324. The maximum Gasteiger partial charge on any atom is 0.220 e. The van der Waals surface area contributed by atoms with Crippen LogP contribution in [0.25, 0.3) is 0 Å². The van der Waals surface area contributed by atoms with E-state index in [0.29, 0.717) is 12.8 Å². The maximum atomic E-state index is 11.5. The second-order valence-electron chi connectivity index (χ2n) is 4.24. The van der Waals surface area contributed by atoms with Crippen LogP contribution in [0.3, 0.4) is 0 Å². The molecule has 0 saturated heterocycles. The van der Waals surface area contributed by atoms with E-state index in [0.717, 1.165) is 18.4 Å². The molecule has 0 spiro atoms. The molecule has 94 valence electrons. The fourth-order valence-corrected chi connectivity index (χ4v) is 1.70. The molecule has 0 aliphatic heterocycles. The first kappa shape index (κ1) is 13.7. The number of nitrogens with one attached hydrogen (secondary N) is 1. The van der Waals surface area contributed by atoms with Crippen molar-refractivity contribution in [3.05, 3.63) is 35.9 Å². The summed E-state index contributed by atoms with van der Waals surface area (Å²) in [6.07, 6.45) is 3.13. The Balaban J connectivity index is 2.41. The molecule has 17 heavy (non-hydrogen) atoms. The van der Waals surface area contributed by atoms with Crippen molar-refractivity contribution in [2.75, 3.05) is 6.61 Å². The average molecular weight is 235 g/mol. The molecule has 1 rings (SSSR count). The quantitative estimate of drug-likeness (QED) is 0.758. The number of carbonyl (C=O) groups is 1. The summed E-state index contributed by atoms with van der Waals surface area (Å²) in [5.41, 5.74) is 1.13. The molecule has 1 aromatic carbocycles. The van der Waals surface area contributed by atoms with Crippen LogP contribution in [0, 0.1) is 0 Å². The molecule has 0 aliphatic carbocycles. The molecule has 3 heteroatoms. The number of benzene rings is 1. The molecule has 0 radical (unpaired) electrons. The van der Waals surface area contributed by atoms with Gasteiger partial charge in [0.25, 0.3) is 0 Å². The molecule has 3 nitrogen and oxygen atoms in total. The number of aliphatic hydroxyl groups excluding tert-OH is 1. The molecule has 0 unspecified atom stereocenters. The minimum absolute atomic E-state index is 0.0211. The number of unbranched alkanes of at least 4 members (excludes halogenated alkanes) is 1. The molecule has 1 atom stereocenters. The Hall–Kier alpha value is -1.35. The molecular formula is C14H21NO2. The first-order chi connectivity index (χ1) is 8.26. The topological polar surface area (TPSA) is 49.3 Å². The van der Waals surface area contributed by atoms with Crippen LogP contribution < -0.4 is 5.32 Å². The van der Waals surface area contributed by atoms with Crippen LogP contribution in [-0.4, -0.2) is 23.7 Å². The van der Waals surface area contributed by atoms with Gasteiger partial charge in [-0.3, -0.25) is 4.79 Å². The van der Waals surface area contributed by atoms with E-state index in [1.54, 1.807) is 0 Å². The summed E-state index contributed by atoms with van der Waals surface area (Å²) >= 11 is 0. The van der Waals surface area contributed by atoms with Crippen molar-refractivity contribution in [2.24, 2.45) is 0 Å². The summed E-state index contributed by atoms with van der Waals surface area (Å²) in [5.74, 6) is 0.0295. The largest absolute Gasteiger partial charge is 0.394 e. The summed E-state index contributed by atoms with van der Waals surface area (Å²) in [7, 11) is 0. The number of rotatable bonds is 7. The molecule has 0 fully saturated rings. The van der Waals surface area contributed by atoms with Crippen molar-refractivity contribution < 1.29 is 9.90 Å². The molecule has 0 aromatic heterocycles. The third kappa shape index (κ3) is 5.50. The van der Waals surface area contributed by atoms with E-state index < -0.39 is 0 Å². The fourth-order valence-electron chi connectivity index (χ4n) is 1.70. The number of hydrogen-bond donors (Lipinski definition) is 2. The highest BCUT2D eigenvalue weighted by Gasteiger charge is 2.11. The van der Waals surface area contributed by atoms with Gasteiger partial charge in [0, 0.05) is 6.42 Å². The second kappa shape index (κ2) is 7.85. The second-order valence-corrected chi connectivity index (χ2v) is 4.24. The number of amides is 1. The zero-order chi connectivity index (χ0) is 12.5. The molecule has 2 N–H and O–H groups in total. The number of carbonyl (C=O) groups excluding carboxylic acids is 1. The Morgan fingerprint density at radius 3 is 2.65 bits per heavy atom. The van der Waals surface area contributed by atoms with Crippen molar-refractivity contribution in [1.82, 2.24) is 5.32 Å². The van der Waals surface area contributed by atoms with E-state index in [9.17, 15) is 9.90 Å². The lowest BCUT2D eigenvalue weighted by molar-refractivity contribution is -0.122. The van der Waals surface area contributed by atoms with Gasteiger partial charge in [0.05, 0.1) is 12.6 Å². The van der Waals surface area contributed by atoms with E-state index in [1.807, 2.05) is 30.3 Å². The van der Waals surface area contributed by atoms with E-state index in [2.05, 4.69) is 12.2 Å². The van der Waals surface area contributed by atoms with Crippen LogP contribution in [0.2, 0.25) is 0 Å². The maximum absolute atomic E-state index is 11.5. The van der Waals surface area contributed by atoms with Crippen LogP contribution in [-0.2, 0) is 11.2 Å². The van der Waals surface area contributed by atoms with Crippen molar-refractivity contribution in [3.63, 3.8) is 0 Å². The summed E-state index contributed by atoms with van der Waals surface area (Å²) < 4.78 is 0. The van der Waals surface area contributed by atoms with Gasteiger partial charge in [0.15, 0.2) is 0 Å².